The maximum Gasteiger partial charge on any atom is 0.420 e. The lowest BCUT2D eigenvalue weighted by Gasteiger charge is -2.17. The summed E-state index contributed by atoms with van der Waals surface area (Å²) >= 11 is 0. The van der Waals surface area contributed by atoms with Gasteiger partial charge >= 0.3 is 12.1 Å². The Morgan fingerprint density at radius 3 is 2.39 bits per heavy atom. The van der Waals surface area contributed by atoms with Crippen molar-refractivity contribution in [1.29, 1.82) is 0 Å². The van der Waals surface area contributed by atoms with Crippen LogP contribution in [0.5, 0.6) is 11.5 Å². The van der Waals surface area contributed by atoms with Crippen LogP contribution in [0.15, 0.2) is 12.1 Å². The Kier molecular flexibility index (Phi) is 4.05. The largest absolute Gasteiger partial charge is 0.493 e. The van der Waals surface area contributed by atoms with Gasteiger partial charge in [-0.2, -0.15) is 13.2 Å². The first-order valence-corrected chi connectivity index (χ1v) is 4.96. The molecule has 4 nitrogen and oxygen atoms in total. The van der Waals surface area contributed by atoms with Crippen molar-refractivity contribution in [2.24, 2.45) is 0 Å². The Hall–Kier alpha value is -1.92. The van der Waals surface area contributed by atoms with E-state index < -0.39 is 29.0 Å². The molecule has 0 heterocycles. The Labute approximate surface area is 101 Å². The molecule has 0 aliphatic rings. The molecule has 18 heavy (non-hydrogen) atoms. The van der Waals surface area contributed by atoms with E-state index in [0.717, 1.165) is 13.2 Å². The quantitative estimate of drug-likeness (QED) is 0.908. The fourth-order valence-electron chi connectivity index (χ4n) is 1.38. The molecule has 0 amide bonds. The molecule has 0 aliphatic carbocycles. The number of hydrogen-bond donors (Lipinski definition) is 1. The van der Waals surface area contributed by atoms with Crippen LogP contribution in [0.1, 0.15) is 22.8 Å². The summed E-state index contributed by atoms with van der Waals surface area (Å²) in [6.45, 7) is 1.52. The SMILES string of the molecule is CCOc1c(OC)cc(C(=O)O)cc1C(F)(F)F. The maximum atomic E-state index is 12.8. The summed E-state index contributed by atoms with van der Waals surface area (Å²) in [7, 11) is 1.14. The second kappa shape index (κ2) is 5.16. The van der Waals surface area contributed by atoms with Gasteiger partial charge in [-0.15, -0.1) is 0 Å². The van der Waals surface area contributed by atoms with Gasteiger partial charge in [0.2, 0.25) is 0 Å². The standard InChI is InChI=1S/C11H11F3O4/c1-3-18-9-7(11(12,13)14)4-6(10(15)16)5-8(9)17-2/h4-5H,3H2,1-2H3,(H,15,16). The van der Waals surface area contributed by atoms with Gasteiger partial charge in [0.25, 0.3) is 0 Å². The average Bonchev–Trinajstić information content (AvgIpc) is 2.27. The van der Waals surface area contributed by atoms with E-state index in [9.17, 15) is 18.0 Å². The third-order valence-electron chi connectivity index (χ3n) is 2.12. The van der Waals surface area contributed by atoms with Gasteiger partial charge in [0.15, 0.2) is 11.5 Å². The summed E-state index contributed by atoms with van der Waals surface area (Å²) in [6, 6.07) is 1.51. The maximum absolute atomic E-state index is 12.8. The highest BCUT2D eigenvalue weighted by atomic mass is 19.4. The Morgan fingerprint density at radius 1 is 1.39 bits per heavy atom. The van der Waals surface area contributed by atoms with Crippen molar-refractivity contribution in [3.63, 3.8) is 0 Å². The van der Waals surface area contributed by atoms with Crippen LogP contribution in [-0.4, -0.2) is 24.8 Å². The Morgan fingerprint density at radius 2 is 2.00 bits per heavy atom. The van der Waals surface area contributed by atoms with Crippen molar-refractivity contribution in [2.75, 3.05) is 13.7 Å². The van der Waals surface area contributed by atoms with Crippen molar-refractivity contribution < 1.29 is 32.5 Å². The van der Waals surface area contributed by atoms with Crippen LogP contribution in [0.4, 0.5) is 13.2 Å². The van der Waals surface area contributed by atoms with Gasteiger partial charge in [-0.25, -0.2) is 4.79 Å². The number of halogens is 3. The van der Waals surface area contributed by atoms with Crippen molar-refractivity contribution in [3.8, 4) is 11.5 Å². The molecule has 0 saturated heterocycles. The Bertz CT molecular complexity index is 454. The van der Waals surface area contributed by atoms with Gasteiger partial charge in [0.1, 0.15) is 5.56 Å². The van der Waals surface area contributed by atoms with E-state index in [-0.39, 0.29) is 12.4 Å². The van der Waals surface area contributed by atoms with E-state index >= 15 is 0 Å². The second-order valence-corrected chi connectivity index (χ2v) is 3.29. The fourth-order valence-corrected chi connectivity index (χ4v) is 1.38. The first-order valence-electron chi connectivity index (χ1n) is 4.96. The molecular weight excluding hydrogens is 253 g/mol. The van der Waals surface area contributed by atoms with Crippen molar-refractivity contribution >= 4 is 5.97 Å². The molecule has 0 aromatic heterocycles. The summed E-state index contributed by atoms with van der Waals surface area (Å²) in [5.74, 6) is -2.23. The molecule has 1 rings (SSSR count). The van der Waals surface area contributed by atoms with E-state index in [1.54, 1.807) is 0 Å². The lowest BCUT2D eigenvalue weighted by molar-refractivity contribution is -0.139. The first kappa shape index (κ1) is 14.1. The highest BCUT2D eigenvalue weighted by Gasteiger charge is 2.37. The van der Waals surface area contributed by atoms with Crippen LogP contribution < -0.4 is 9.47 Å². The van der Waals surface area contributed by atoms with Gasteiger partial charge in [-0.05, 0) is 19.1 Å². The molecule has 0 radical (unpaired) electrons. The normalized spacial score (nSPS) is 11.2. The second-order valence-electron chi connectivity index (χ2n) is 3.29. The molecule has 0 unspecified atom stereocenters. The van der Waals surface area contributed by atoms with Crippen molar-refractivity contribution in [1.82, 2.24) is 0 Å². The van der Waals surface area contributed by atoms with Crippen LogP contribution in [0, 0.1) is 0 Å². The van der Waals surface area contributed by atoms with Crippen LogP contribution >= 0.6 is 0 Å². The Balaban J connectivity index is 3.51. The molecule has 0 aliphatic heterocycles. The predicted octanol–water partition coefficient (Wildman–Crippen LogP) is 2.81. The minimum absolute atomic E-state index is 0.00581. The topological polar surface area (TPSA) is 55.8 Å². The number of carboxylic acid groups (broad SMARTS) is 1. The van der Waals surface area contributed by atoms with Crippen molar-refractivity contribution in [3.05, 3.63) is 23.3 Å². The van der Waals surface area contributed by atoms with E-state index in [4.69, 9.17) is 14.6 Å². The van der Waals surface area contributed by atoms with Gasteiger partial charge in [-0.1, -0.05) is 0 Å². The molecule has 0 bridgehead atoms. The summed E-state index contributed by atoms with van der Waals surface area (Å²) < 4.78 is 48.0. The number of hydrogen-bond acceptors (Lipinski definition) is 3. The summed E-state index contributed by atoms with van der Waals surface area (Å²) in [6.07, 6.45) is -4.72. The van der Waals surface area contributed by atoms with Crippen LogP contribution in [0.25, 0.3) is 0 Å². The zero-order chi connectivity index (χ0) is 13.9. The van der Waals surface area contributed by atoms with Crippen LogP contribution in [0.2, 0.25) is 0 Å². The molecule has 1 aromatic carbocycles. The third kappa shape index (κ3) is 2.85. The monoisotopic (exact) mass is 264 g/mol. The highest BCUT2D eigenvalue weighted by molar-refractivity contribution is 5.89. The fraction of sp³-hybridized carbons (Fsp3) is 0.364. The average molecular weight is 264 g/mol. The molecule has 0 fully saturated rings. The molecule has 0 atom stereocenters. The zero-order valence-electron chi connectivity index (χ0n) is 9.67. The molecule has 7 heteroatoms. The molecule has 100 valence electrons. The van der Waals surface area contributed by atoms with Crippen LogP contribution in [0.3, 0.4) is 0 Å². The van der Waals surface area contributed by atoms with E-state index in [0.29, 0.717) is 6.07 Å². The third-order valence-corrected chi connectivity index (χ3v) is 2.12. The number of ether oxygens (including phenoxy) is 2. The number of methoxy groups -OCH3 is 1. The summed E-state index contributed by atoms with van der Waals surface area (Å²) in [5.41, 5.74) is -1.68. The number of benzene rings is 1. The lowest BCUT2D eigenvalue weighted by atomic mass is 10.1. The molecule has 0 spiro atoms. The number of alkyl halides is 3. The molecular formula is C11H11F3O4. The molecule has 0 saturated carbocycles. The molecule has 1 N–H and O–H groups in total. The van der Waals surface area contributed by atoms with Gasteiger partial charge in [0.05, 0.1) is 19.3 Å². The summed E-state index contributed by atoms with van der Waals surface area (Å²) in [4.78, 5) is 10.8. The number of carboxylic acids is 1. The van der Waals surface area contributed by atoms with E-state index in [1.165, 1.54) is 6.92 Å². The van der Waals surface area contributed by atoms with Crippen molar-refractivity contribution in [2.45, 2.75) is 13.1 Å². The molecule has 1 aromatic rings. The lowest BCUT2D eigenvalue weighted by Crippen LogP contribution is -2.12. The highest BCUT2D eigenvalue weighted by Crippen LogP contribution is 2.42. The van der Waals surface area contributed by atoms with Gasteiger partial charge in [0, 0.05) is 0 Å². The van der Waals surface area contributed by atoms with Gasteiger partial charge < -0.3 is 14.6 Å². The van der Waals surface area contributed by atoms with E-state index in [2.05, 4.69) is 0 Å². The van der Waals surface area contributed by atoms with Crippen LogP contribution in [-0.2, 0) is 6.18 Å². The number of carbonyl (C=O) groups is 1. The minimum Gasteiger partial charge on any atom is -0.493 e. The van der Waals surface area contributed by atoms with E-state index in [1.807, 2.05) is 0 Å². The number of rotatable bonds is 4. The predicted molar refractivity (Wildman–Crippen MR) is 56.1 cm³/mol. The minimum atomic E-state index is -4.72. The number of aromatic carboxylic acids is 1. The summed E-state index contributed by atoms with van der Waals surface area (Å²) in [5, 5.41) is 8.75. The first-order chi connectivity index (χ1) is 8.31. The smallest absolute Gasteiger partial charge is 0.420 e. The van der Waals surface area contributed by atoms with Gasteiger partial charge in [-0.3, -0.25) is 0 Å². The zero-order valence-corrected chi connectivity index (χ0v) is 9.67.